The Kier molecular flexibility index (Phi) is 4.16. The van der Waals surface area contributed by atoms with Crippen LogP contribution in [0.3, 0.4) is 0 Å². The lowest BCUT2D eigenvalue weighted by Gasteiger charge is -2.43. The average Bonchev–Trinajstić information content (AvgIpc) is 2.50. The van der Waals surface area contributed by atoms with E-state index in [2.05, 4.69) is 10.3 Å². The number of piperazine rings is 1. The zero-order valence-electron chi connectivity index (χ0n) is 12.8. The molecule has 0 saturated carbocycles. The van der Waals surface area contributed by atoms with Gasteiger partial charge in [0.05, 0.1) is 13.7 Å². The Labute approximate surface area is 124 Å². The quantitative estimate of drug-likeness (QED) is 0.902. The zero-order valence-corrected chi connectivity index (χ0v) is 12.8. The van der Waals surface area contributed by atoms with Crippen LogP contribution in [0.5, 0.6) is 5.88 Å². The molecular formula is C15H21N3O3. The van der Waals surface area contributed by atoms with Gasteiger partial charge < -0.3 is 15.0 Å². The van der Waals surface area contributed by atoms with Crippen LogP contribution in [0.25, 0.3) is 0 Å². The van der Waals surface area contributed by atoms with E-state index in [1.54, 1.807) is 31.0 Å². The molecule has 1 N–H and O–H groups in total. The van der Waals surface area contributed by atoms with Crippen molar-refractivity contribution in [2.75, 3.05) is 7.11 Å². The van der Waals surface area contributed by atoms with Crippen LogP contribution in [0.15, 0.2) is 18.3 Å². The summed E-state index contributed by atoms with van der Waals surface area (Å²) in [5, 5.41) is 2.81. The molecule has 1 saturated heterocycles. The Bertz CT molecular complexity index is 561. The Hall–Kier alpha value is -2.11. The molecule has 0 aromatic carbocycles. The van der Waals surface area contributed by atoms with Gasteiger partial charge >= 0.3 is 0 Å². The van der Waals surface area contributed by atoms with Crippen molar-refractivity contribution in [1.82, 2.24) is 15.2 Å². The van der Waals surface area contributed by atoms with Crippen LogP contribution in [-0.2, 0) is 16.1 Å². The highest BCUT2D eigenvalue weighted by Gasteiger charge is 2.45. The number of hydrogen-bond donors (Lipinski definition) is 1. The van der Waals surface area contributed by atoms with Crippen molar-refractivity contribution in [3.63, 3.8) is 0 Å². The highest BCUT2D eigenvalue weighted by atomic mass is 16.5. The highest BCUT2D eigenvalue weighted by Crippen LogP contribution is 2.25. The number of pyridine rings is 1. The van der Waals surface area contributed by atoms with Crippen LogP contribution in [-0.4, -0.2) is 40.4 Å². The standard InChI is InChI=1S/C15H21N3O3/c1-5-15(3)14(20)18(10(2)12(19)17-15)9-11-7-6-8-16-13(11)21-4/h6-8,10H,5,9H2,1-4H3,(H,17,19). The first-order chi connectivity index (χ1) is 9.92. The molecule has 1 aliphatic heterocycles. The lowest BCUT2D eigenvalue weighted by Crippen LogP contribution is -2.68. The monoisotopic (exact) mass is 291 g/mol. The predicted molar refractivity (Wildman–Crippen MR) is 77.6 cm³/mol. The maximum absolute atomic E-state index is 12.7. The van der Waals surface area contributed by atoms with Crippen molar-refractivity contribution in [2.45, 2.75) is 45.3 Å². The minimum atomic E-state index is -0.848. The molecule has 1 aliphatic rings. The van der Waals surface area contributed by atoms with E-state index in [-0.39, 0.29) is 11.8 Å². The summed E-state index contributed by atoms with van der Waals surface area (Å²) in [6, 6.07) is 3.12. The third-order valence-electron chi connectivity index (χ3n) is 4.07. The molecule has 1 aromatic rings. The molecule has 0 bridgehead atoms. The SMILES string of the molecule is CCC1(C)NC(=O)C(C)N(Cc2cccnc2OC)C1=O. The van der Waals surface area contributed by atoms with Gasteiger partial charge in [0.2, 0.25) is 17.7 Å². The molecule has 1 fully saturated rings. The van der Waals surface area contributed by atoms with E-state index < -0.39 is 11.6 Å². The van der Waals surface area contributed by atoms with Crippen LogP contribution in [0.4, 0.5) is 0 Å². The third-order valence-corrected chi connectivity index (χ3v) is 4.07. The van der Waals surface area contributed by atoms with E-state index in [9.17, 15) is 9.59 Å². The van der Waals surface area contributed by atoms with Crippen LogP contribution in [0, 0.1) is 0 Å². The molecule has 2 rings (SSSR count). The number of hydrogen-bond acceptors (Lipinski definition) is 4. The van der Waals surface area contributed by atoms with Crippen molar-refractivity contribution in [2.24, 2.45) is 0 Å². The fraction of sp³-hybridized carbons (Fsp3) is 0.533. The van der Waals surface area contributed by atoms with Crippen LogP contribution in [0.1, 0.15) is 32.8 Å². The van der Waals surface area contributed by atoms with Gasteiger partial charge in [0.15, 0.2) is 0 Å². The first kappa shape index (κ1) is 15.3. The minimum Gasteiger partial charge on any atom is -0.481 e. The Morgan fingerprint density at radius 3 is 2.81 bits per heavy atom. The Morgan fingerprint density at radius 2 is 2.19 bits per heavy atom. The number of carbonyl (C=O) groups excluding carboxylic acids is 2. The summed E-state index contributed by atoms with van der Waals surface area (Å²) in [6.45, 7) is 5.68. The summed E-state index contributed by atoms with van der Waals surface area (Å²) >= 11 is 0. The Morgan fingerprint density at radius 1 is 1.48 bits per heavy atom. The van der Waals surface area contributed by atoms with Gasteiger partial charge in [-0.05, 0) is 26.3 Å². The number of aromatic nitrogens is 1. The number of nitrogens with zero attached hydrogens (tertiary/aromatic N) is 2. The first-order valence-electron chi connectivity index (χ1n) is 7.04. The number of ether oxygens (including phenoxy) is 1. The molecular weight excluding hydrogens is 270 g/mol. The van der Waals surface area contributed by atoms with E-state index in [4.69, 9.17) is 4.74 Å². The minimum absolute atomic E-state index is 0.0805. The van der Waals surface area contributed by atoms with Crippen LogP contribution in [0.2, 0.25) is 0 Å². The van der Waals surface area contributed by atoms with Crippen molar-refractivity contribution in [1.29, 1.82) is 0 Å². The van der Waals surface area contributed by atoms with Crippen molar-refractivity contribution in [3.8, 4) is 5.88 Å². The summed E-state index contributed by atoms with van der Waals surface area (Å²) in [4.78, 5) is 30.5. The van der Waals surface area contributed by atoms with Gasteiger partial charge in [-0.2, -0.15) is 0 Å². The number of nitrogens with one attached hydrogen (secondary N) is 1. The van der Waals surface area contributed by atoms with Crippen molar-refractivity contribution >= 4 is 11.8 Å². The van der Waals surface area contributed by atoms with Gasteiger partial charge in [0, 0.05) is 11.8 Å². The number of carbonyl (C=O) groups is 2. The summed E-state index contributed by atoms with van der Waals surface area (Å²) in [7, 11) is 1.54. The van der Waals surface area contributed by atoms with Crippen molar-refractivity contribution in [3.05, 3.63) is 23.9 Å². The second-order valence-corrected chi connectivity index (χ2v) is 5.46. The summed E-state index contributed by atoms with van der Waals surface area (Å²) < 4.78 is 5.21. The number of rotatable bonds is 4. The molecule has 6 nitrogen and oxygen atoms in total. The molecule has 2 unspecified atom stereocenters. The van der Waals surface area contributed by atoms with Gasteiger partial charge in [-0.15, -0.1) is 0 Å². The molecule has 2 atom stereocenters. The maximum atomic E-state index is 12.7. The predicted octanol–water partition coefficient (Wildman–Crippen LogP) is 1.11. The van der Waals surface area contributed by atoms with Gasteiger partial charge in [-0.1, -0.05) is 13.0 Å². The van der Waals surface area contributed by atoms with Gasteiger partial charge in [-0.3, -0.25) is 9.59 Å². The summed E-state index contributed by atoms with van der Waals surface area (Å²) in [6.07, 6.45) is 2.18. The van der Waals surface area contributed by atoms with Crippen LogP contribution >= 0.6 is 0 Å². The number of methoxy groups -OCH3 is 1. The summed E-state index contributed by atoms with van der Waals surface area (Å²) in [5.74, 6) is 0.256. The first-order valence-corrected chi connectivity index (χ1v) is 7.04. The molecule has 114 valence electrons. The van der Waals surface area contributed by atoms with E-state index in [1.807, 2.05) is 13.0 Å². The molecule has 2 heterocycles. The molecule has 21 heavy (non-hydrogen) atoms. The lowest BCUT2D eigenvalue weighted by molar-refractivity contribution is -0.154. The molecule has 0 aliphatic carbocycles. The van der Waals surface area contributed by atoms with Gasteiger partial charge in [0.1, 0.15) is 11.6 Å². The smallest absolute Gasteiger partial charge is 0.249 e. The fourth-order valence-corrected chi connectivity index (χ4v) is 2.42. The molecule has 2 amide bonds. The number of amides is 2. The fourth-order valence-electron chi connectivity index (χ4n) is 2.42. The maximum Gasteiger partial charge on any atom is 0.249 e. The molecule has 0 spiro atoms. The van der Waals surface area contributed by atoms with E-state index in [0.717, 1.165) is 5.56 Å². The second kappa shape index (κ2) is 5.71. The Balaban J connectivity index is 2.32. The lowest BCUT2D eigenvalue weighted by atomic mass is 9.92. The molecule has 6 heteroatoms. The zero-order chi connectivity index (χ0) is 15.6. The normalized spacial score (nSPS) is 25.7. The van der Waals surface area contributed by atoms with Gasteiger partial charge in [0.25, 0.3) is 0 Å². The topological polar surface area (TPSA) is 71.5 Å². The summed E-state index contributed by atoms with van der Waals surface area (Å²) in [5.41, 5.74) is -0.0627. The largest absolute Gasteiger partial charge is 0.481 e. The van der Waals surface area contributed by atoms with Crippen molar-refractivity contribution < 1.29 is 14.3 Å². The third kappa shape index (κ3) is 2.70. The molecule has 0 radical (unpaired) electrons. The van der Waals surface area contributed by atoms with Crippen LogP contribution < -0.4 is 10.1 Å². The van der Waals surface area contributed by atoms with E-state index in [0.29, 0.717) is 18.8 Å². The average molecular weight is 291 g/mol. The van der Waals surface area contributed by atoms with E-state index in [1.165, 1.54) is 7.11 Å². The molecule has 1 aromatic heterocycles. The van der Waals surface area contributed by atoms with E-state index >= 15 is 0 Å². The van der Waals surface area contributed by atoms with Gasteiger partial charge in [-0.25, -0.2) is 4.98 Å². The highest BCUT2D eigenvalue weighted by molar-refractivity contribution is 5.99. The second-order valence-electron chi connectivity index (χ2n) is 5.46.